The monoisotopic (exact) mass is 410 g/mol. The van der Waals surface area contributed by atoms with E-state index in [-0.39, 0.29) is 5.69 Å². The van der Waals surface area contributed by atoms with E-state index < -0.39 is 5.97 Å². The van der Waals surface area contributed by atoms with Crippen LogP contribution >= 0.6 is 0 Å². The summed E-state index contributed by atoms with van der Waals surface area (Å²) in [6.45, 7) is 0.294. The molecule has 3 heterocycles. The topological polar surface area (TPSA) is 78.6 Å². The third-order valence-electron chi connectivity index (χ3n) is 5.05. The highest BCUT2D eigenvalue weighted by Gasteiger charge is 2.24. The minimum absolute atomic E-state index is 0.198. The summed E-state index contributed by atoms with van der Waals surface area (Å²) < 4.78 is 12.7. The average molecular weight is 410 g/mol. The Morgan fingerprint density at radius 3 is 2.58 bits per heavy atom. The largest absolute Gasteiger partial charge is 0.486 e. The lowest BCUT2D eigenvalue weighted by Crippen LogP contribution is -2.13. The van der Waals surface area contributed by atoms with Gasteiger partial charge in [0.25, 0.3) is 0 Å². The number of carbonyl (C=O) groups is 1. The highest BCUT2D eigenvalue weighted by Crippen LogP contribution is 2.35. The van der Waals surface area contributed by atoms with Crippen LogP contribution in [0.25, 0.3) is 27.7 Å². The number of esters is 1. The Kier molecular flexibility index (Phi) is 4.76. The predicted molar refractivity (Wildman–Crippen MR) is 116 cm³/mol. The van der Waals surface area contributed by atoms with Gasteiger partial charge in [0.15, 0.2) is 17.1 Å². The SMILES string of the molecule is COC(=O)c1c(OCc2ccccc2)c2ccc(-c3ccccn3)cc2c2ncnn12. The first-order valence-electron chi connectivity index (χ1n) is 9.72. The van der Waals surface area contributed by atoms with E-state index in [1.165, 1.54) is 18.0 Å². The molecule has 0 atom stereocenters. The molecule has 2 aromatic carbocycles. The first kappa shape index (κ1) is 18.7. The lowest BCUT2D eigenvalue weighted by molar-refractivity contribution is 0.0585. The standard InChI is InChI=1S/C24H18N4O3/c1-30-24(29)21-22(31-14-16-7-3-2-4-8-16)18-11-10-17(20-9-5-6-12-25-20)13-19(18)23-26-15-27-28(21)23/h2-13,15H,14H2,1H3. The van der Waals surface area contributed by atoms with E-state index in [1.54, 1.807) is 6.20 Å². The summed E-state index contributed by atoms with van der Waals surface area (Å²) in [7, 11) is 1.33. The van der Waals surface area contributed by atoms with Gasteiger partial charge in [-0.05, 0) is 29.8 Å². The molecule has 0 radical (unpaired) electrons. The van der Waals surface area contributed by atoms with E-state index in [9.17, 15) is 4.79 Å². The molecule has 0 spiro atoms. The Labute approximate surface area is 177 Å². The molecule has 0 aliphatic heterocycles. The Morgan fingerprint density at radius 1 is 0.968 bits per heavy atom. The van der Waals surface area contributed by atoms with Gasteiger partial charge in [0.2, 0.25) is 0 Å². The van der Waals surface area contributed by atoms with Crippen LogP contribution in [0.2, 0.25) is 0 Å². The van der Waals surface area contributed by atoms with E-state index >= 15 is 0 Å². The second-order valence-electron chi connectivity index (χ2n) is 6.91. The van der Waals surface area contributed by atoms with Crippen molar-refractivity contribution in [3.63, 3.8) is 0 Å². The Hall–Kier alpha value is -4.26. The van der Waals surface area contributed by atoms with Crippen LogP contribution in [0.1, 0.15) is 16.1 Å². The summed E-state index contributed by atoms with van der Waals surface area (Å²) in [4.78, 5) is 21.5. The Bertz CT molecular complexity index is 1380. The minimum atomic E-state index is -0.547. The van der Waals surface area contributed by atoms with Crippen molar-refractivity contribution in [2.24, 2.45) is 0 Å². The summed E-state index contributed by atoms with van der Waals surface area (Å²) in [6.07, 6.45) is 3.16. The van der Waals surface area contributed by atoms with Crippen LogP contribution in [0.5, 0.6) is 5.75 Å². The number of nitrogens with zero attached hydrogens (tertiary/aromatic N) is 4. The maximum atomic E-state index is 12.7. The molecule has 0 saturated carbocycles. The first-order valence-corrected chi connectivity index (χ1v) is 9.72. The summed E-state index contributed by atoms with van der Waals surface area (Å²) in [5, 5.41) is 5.81. The molecule has 5 rings (SSSR count). The lowest BCUT2D eigenvalue weighted by atomic mass is 10.0. The molecule has 152 valence electrons. The number of methoxy groups -OCH3 is 1. The molecule has 0 aliphatic rings. The fourth-order valence-electron chi connectivity index (χ4n) is 3.58. The van der Waals surface area contributed by atoms with Gasteiger partial charge in [0.05, 0.1) is 12.8 Å². The fraction of sp³-hybridized carbons (Fsp3) is 0.0833. The highest BCUT2D eigenvalue weighted by atomic mass is 16.5. The summed E-state index contributed by atoms with van der Waals surface area (Å²) in [6, 6.07) is 21.4. The normalized spacial score (nSPS) is 11.0. The van der Waals surface area contributed by atoms with Crippen LogP contribution < -0.4 is 4.74 Å². The molecule has 0 aliphatic carbocycles. The second-order valence-corrected chi connectivity index (χ2v) is 6.91. The number of ether oxygens (including phenoxy) is 2. The van der Waals surface area contributed by atoms with Crippen molar-refractivity contribution in [3.05, 3.63) is 90.5 Å². The predicted octanol–water partition coefficient (Wildman–Crippen LogP) is 4.31. The van der Waals surface area contributed by atoms with Gasteiger partial charge in [0, 0.05) is 22.5 Å². The zero-order valence-electron chi connectivity index (χ0n) is 16.7. The third kappa shape index (κ3) is 3.36. The average Bonchev–Trinajstić information content (AvgIpc) is 3.32. The molecule has 31 heavy (non-hydrogen) atoms. The van der Waals surface area contributed by atoms with Crippen LogP contribution in [0.4, 0.5) is 0 Å². The molecule has 3 aromatic heterocycles. The molecule has 0 amide bonds. The zero-order chi connectivity index (χ0) is 21.2. The number of aromatic nitrogens is 4. The third-order valence-corrected chi connectivity index (χ3v) is 5.05. The highest BCUT2D eigenvalue weighted by molar-refractivity contribution is 6.06. The fourth-order valence-corrected chi connectivity index (χ4v) is 3.58. The minimum Gasteiger partial charge on any atom is -0.486 e. The molecular weight excluding hydrogens is 392 g/mol. The number of carbonyl (C=O) groups excluding carboxylic acids is 1. The van der Waals surface area contributed by atoms with E-state index in [2.05, 4.69) is 15.1 Å². The lowest BCUT2D eigenvalue weighted by Gasteiger charge is -2.15. The van der Waals surface area contributed by atoms with Crippen LogP contribution in [-0.2, 0) is 11.3 Å². The van der Waals surface area contributed by atoms with Crippen LogP contribution in [0.15, 0.2) is 79.3 Å². The van der Waals surface area contributed by atoms with E-state index in [1.807, 2.05) is 66.7 Å². The van der Waals surface area contributed by atoms with Crippen molar-refractivity contribution in [2.45, 2.75) is 6.61 Å². The van der Waals surface area contributed by atoms with Gasteiger partial charge in [-0.1, -0.05) is 42.5 Å². The van der Waals surface area contributed by atoms with Crippen LogP contribution in [0, 0.1) is 0 Å². The van der Waals surface area contributed by atoms with Gasteiger partial charge >= 0.3 is 5.97 Å². The first-order chi connectivity index (χ1) is 15.3. The maximum absolute atomic E-state index is 12.7. The molecule has 7 nitrogen and oxygen atoms in total. The smallest absolute Gasteiger partial charge is 0.360 e. The van der Waals surface area contributed by atoms with E-state index in [0.717, 1.165) is 27.6 Å². The molecule has 0 unspecified atom stereocenters. The molecular formula is C24H18N4O3. The van der Waals surface area contributed by atoms with Gasteiger partial charge in [-0.25, -0.2) is 14.3 Å². The van der Waals surface area contributed by atoms with Crippen LogP contribution in [0.3, 0.4) is 0 Å². The van der Waals surface area contributed by atoms with Crippen molar-refractivity contribution in [1.82, 2.24) is 19.6 Å². The van der Waals surface area contributed by atoms with Gasteiger partial charge in [-0.2, -0.15) is 5.10 Å². The van der Waals surface area contributed by atoms with Crippen molar-refractivity contribution in [3.8, 4) is 17.0 Å². The number of benzene rings is 2. The van der Waals surface area contributed by atoms with Crippen LogP contribution in [-0.4, -0.2) is 32.7 Å². The summed E-state index contributed by atoms with van der Waals surface area (Å²) in [5.74, 6) is -0.148. The van der Waals surface area contributed by atoms with Gasteiger partial charge in [-0.15, -0.1) is 0 Å². The maximum Gasteiger partial charge on any atom is 0.360 e. The second kappa shape index (κ2) is 7.87. The zero-order valence-corrected chi connectivity index (χ0v) is 16.7. The van der Waals surface area contributed by atoms with Gasteiger partial charge in [-0.3, -0.25) is 4.98 Å². The van der Waals surface area contributed by atoms with E-state index in [4.69, 9.17) is 9.47 Å². The number of hydrogen-bond donors (Lipinski definition) is 0. The molecule has 0 saturated heterocycles. The van der Waals surface area contributed by atoms with E-state index in [0.29, 0.717) is 18.0 Å². The quantitative estimate of drug-likeness (QED) is 0.402. The van der Waals surface area contributed by atoms with Crippen molar-refractivity contribution in [2.75, 3.05) is 7.11 Å². The molecule has 0 N–H and O–H groups in total. The molecule has 7 heteroatoms. The number of fused-ring (bicyclic) bond motifs is 3. The molecule has 0 bridgehead atoms. The summed E-state index contributed by atoms with van der Waals surface area (Å²) >= 11 is 0. The molecule has 5 aromatic rings. The van der Waals surface area contributed by atoms with Crippen molar-refractivity contribution < 1.29 is 14.3 Å². The number of pyridine rings is 2. The van der Waals surface area contributed by atoms with Crippen molar-refractivity contribution >= 4 is 22.4 Å². The number of rotatable bonds is 5. The Balaban J connectivity index is 1.73. The molecule has 0 fully saturated rings. The van der Waals surface area contributed by atoms with Gasteiger partial charge < -0.3 is 9.47 Å². The van der Waals surface area contributed by atoms with Gasteiger partial charge in [0.1, 0.15) is 12.9 Å². The summed E-state index contributed by atoms with van der Waals surface area (Å²) in [5.41, 5.74) is 3.49. The van der Waals surface area contributed by atoms with Crippen molar-refractivity contribution in [1.29, 1.82) is 0 Å². The Morgan fingerprint density at radius 2 is 1.81 bits per heavy atom. The number of hydrogen-bond acceptors (Lipinski definition) is 6.